The third kappa shape index (κ3) is 5.25. The zero-order valence-electron chi connectivity index (χ0n) is 11.6. The van der Waals surface area contributed by atoms with Crippen LogP contribution in [0.3, 0.4) is 0 Å². The van der Waals surface area contributed by atoms with Crippen molar-refractivity contribution in [3.63, 3.8) is 0 Å². The lowest BCUT2D eigenvalue weighted by molar-refractivity contribution is 0.0953. The van der Waals surface area contributed by atoms with Crippen LogP contribution in [0.5, 0.6) is 0 Å². The molecule has 0 atom stereocenters. The summed E-state index contributed by atoms with van der Waals surface area (Å²) in [5, 5.41) is 7.30. The van der Waals surface area contributed by atoms with E-state index in [0.29, 0.717) is 13.0 Å². The fourth-order valence-corrected chi connectivity index (χ4v) is 1.59. The summed E-state index contributed by atoms with van der Waals surface area (Å²) < 4.78 is 27.5. The van der Waals surface area contributed by atoms with E-state index in [1.165, 1.54) is 0 Å². The fraction of sp³-hybridized carbons (Fsp3) is 0.385. The standard InChI is InChI=1S/C13H18F2N4O2/c1-2-3-17-11-9(14)6-8(7-10(11)15)12(20)18-4-5-19-13(16)21/h6-7,17H,2-5H2,1H3,(H,18,20)(H3,16,19,21). The summed E-state index contributed by atoms with van der Waals surface area (Å²) in [6.07, 6.45) is 0.716. The lowest BCUT2D eigenvalue weighted by atomic mass is 10.1. The number of urea groups is 1. The van der Waals surface area contributed by atoms with E-state index in [1.807, 2.05) is 6.92 Å². The number of carbonyl (C=O) groups is 2. The summed E-state index contributed by atoms with van der Waals surface area (Å²) in [7, 11) is 0. The van der Waals surface area contributed by atoms with E-state index < -0.39 is 23.6 Å². The molecular formula is C13H18F2N4O2. The molecule has 0 unspecified atom stereocenters. The summed E-state index contributed by atoms with van der Waals surface area (Å²) in [6, 6.07) is 1.20. The van der Waals surface area contributed by atoms with E-state index in [1.54, 1.807) is 0 Å². The average Bonchev–Trinajstić information content (AvgIpc) is 2.42. The number of rotatable bonds is 7. The van der Waals surface area contributed by atoms with Crippen molar-refractivity contribution in [2.75, 3.05) is 25.0 Å². The number of benzene rings is 1. The maximum atomic E-state index is 13.7. The van der Waals surface area contributed by atoms with Crippen LogP contribution < -0.4 is 21.7 Å². The molecule has 1 aromatic carbocycles. The Bertz CT molecular complexity index is 500. The van der Waals surface area contributed by atoms with Gasteiger partial charge in [-0.1, -0.05) is 6.92 Å². The summed E-state index contributed by atoms with van der Waals surface area (Å²) in [5.41, 5.74) is 4.47. The minimum absolute atomic E-state index is 0.0981. The second-order valence-corrected chi connectivity index (χ2v) is 4.29. The van der Waals surface area contributed by atoms with E-state index in [2.05, 4.69) is 16.0 Å². The monoisotopic (exact) mass is 300 g/mol. The Kier molecular flexibility index (Phi) is 6.38. The van der Waals surface area contributed by atoms with Crippen molar-refractivity contribution in [2.45, 2.75) is 13.3 Å². The molecule has 1 aromatic rings. The fourth-order valence-electron chi connectivity index (χ4n) is 1.59. The second kappa shape index (κ2) is 8.03. The number of hydrogen-bond donors (Lipinski definition) is 4. The lowest BCUT2D eigenvalue weighted by Gasteiger charge is -2.10. The Hall–Kier alpha value is -2.38. The Labute approximate surface area is 121 Å². The molecule has 116 valence electrons. The molecule has 5 N–H and O–H groups in total. The topological polar surface area (TPSA) is 96.2 Å². The maximum absolute atomic E-state index is 13.7. The van der Waals surface area contributed by atoms with Crippen molar-refractivity contribution in [3.8, 4) is 0 Å². The molecule has 0 saturated heterocycles. The summed E-state index contributed by atoms with van der Waals surface area (Å²) >= 11 is 0. The highest BCUT2D eigenvalue weighted by molar-refractivity contribution is 5.94. The molecule has 0 radical (unpaired) electrons. The first kappa shape index (κ1) is 16.7. The van der Waals surface area contributed by atoms with Gasteiger partial charge in [0.25, 0.3) is 5.91 Å². The molecule has 0 aromatic heterocycles. The molecule has 0 bridgehead atoms. The molecule has 0 aliphatic heterocycles. The first-order chi connectivity index (χ1) is 9.95. The SMILES string of the molecule is CCCNc1c(F)cc(C(=O)NCCNC(N)=O)cc1F. The predicted octanol–water partition coefficient (Wildman–Crippen LogP) is 1.18. The lowest BCUT2D eigenvalue weighted by Crippen LogP contribution is -2.37. The molecule has 0 aliphatic rings. The van der Waals surface area contributed by atoms with E-state index in [0.717, 1.165) is 12.1 Å². The van der Waals surface area contributed by atoms with Crippen LogP contribution in [0.2, 0.25) is 0 Å². The van der Waals surface area contributed by atoms with Gasteiger partial charge >= 0.3 is 6.03 Å². The number of amides is 3. The van der Waals surface area contributed by atoms with Crippen LogP contribution in [0.4, 0.5) is 19.3 Å². The van der Waals surface area contributed by atoms with E-state index >= 15 is 0 Å². The molecule has 3 amide bonds. The highest BCUT2D eigenvalue weighted by Gasteiger charge is 2.14. The Morgan fingerprint density at radius 3 is 2.19 bits per heavy atom. The number of nitrogens with two attached hydrogens (primary N) is 1. The third-order valence-corrected chi connectivity index (χ3v) is 2.57. The van der Waals surface area contributed by atoms with Crippen LogP contribution in [0.15, 0.2) is 12.1 Å². The first-order valence-electron chi connectivity index (χ1n) is 6.50. The number of halogens is 2. The Balaban J connectivity index is 2.66. The second-order valence-electron chi connectivity index (χ2n) is 4.29. The van der Waals surface area contributed by atoms with Crippen LogP contribution in [-0.2, 0) is 0 Å². The number of hydrogen-bond acceptors (Lipinski definition) is 3. The summed E-state index contributed by atoms with van der Waals surface area (Å²) in [4.78, 5) is 22.1. The molecule has 21 heavy (non-hydrogen) atoms. The van der Waals surface area contributed by atoms with E-state index in [-0.39, 0.29) is 24.3 Å². The van der Waals surface area contributed by atoms with Gasteiger partial charge in [-0.2, -0.15) is 0 Å². The smallest absolute Gasteiger partial charge is 0.312 e. The van der Waals surface area contributed by atoms with Gasteiger partial charge in [-0.05, 0) is 18.6 Å². The van der Waals surface area contributed by atoms with Gasteiger partial charge in [0.1, 0.15) is 17.3 Å². The van der Waals surface area contributed by atoms with Crippen molar-refractivity contribution < 1.29 is 18.4 Å². The molecule has 6 nitrogen and oxygen atoms in total. The molecule has 0 aliphatic carbocycles. The molecule has 0 saturated carbocycles. The molecule has 0 fully saturated rings. The van der Waals surface area contributed by atoms with Gasteiger partial charge < -0.3 is 21.7 Å². The third-order valence-electron chi connectivity index (χ3n) is 2.57. The van der Waals surface area contributed by atoms with Crippen molar-refractivity contribution in [2.24, 2.45) is 5.73 Å². The molecule has 1 rings (SSSR count). The van der Waals surface area contributed by atoms with Crippen LogP contribution >= 0.6 is 0 Å². The maximum Gasteiger partial charge on any atom is 0.312 e. The van der Waals surface area contributed by atoms with Crippen molar-refractivity contribution >= 4 is 17.6 Å². The number of nitrogens with one attached hydrogen (secondary N) is 3. The van der Waals surface area contributed by atoms with Gasteiger partial charge in [0.05, 0.1) is 0 Å². The molecule has 8 heteroatoms. The highest BCUT2D eigenvalue weighted by Crippen LogP contribution is 2.20. The predicted molar refractivity (Wildman–Crippen MR) is 75.1 cm³/mol. The van der Waals surface area contributed by atoms with Gasteiger partial charge in [0.15, 0.2) is 0 Å². The zero-order valence-corrected chi connectivity index (χ0v) is 11.6. The number of anilines is 1. The highest BCUT2D eigenvalue weighted by atomic mass is 19.1. The molecule has 0 heterocycles. The average molecular weight is 300 g/mol. The number of carbonyl (C=O) groups excluding carboxylic acids is 2. The van der Waals surface area contributed by atoms with Gasteiger partial charge in [-0.25, -0.2) is 13.6 Å². The van der Waals surface area contributed by atoms with E-state index in [9.17, 15) is 18.4 Å². The van der Waals surface area contributed by atoms with Gasteiger partial charge in [-0.3, -0.25) is 4.79 Å². The van der Waals surface area contributed by atoms with Crippen LogP contribution in [0.1, 0.15) is 23.7 Å². The van der Waals surface area contributed by atoms with Crippen molar-refractivity contribution in [3.05, 3.63) is 29.3 Å². The zero-order chi connectivity index (χ0) is 15.8. The Morgan fingerprint density at radius 1 is 1.10 bits per heavy atom. The van der Waals surface area contributed by atoms with E-state index in [4.69, 9.17) is 5.73 Å². The van der Waals surface area contributed by atoms with Crippen molar-refractivity contribution in [1.82, 2.24) is 10.6 Å². The normalized spacial score (nSPS) is 10.0. The number of primary amides is 1. The molecule has 0 spiro atoms. The molecular weight excluding hydrogens is 282 g/mol. The van der Waals surface area contributed by atoms with Crippen LogP contribution in [-0.4, -0.2) is 31.6 Å². The summed E-state index contributed by atoms with van der Waals surface area (Å²) in [5.74, 6) is -2.30. The Morgan fingerprint density at radius 2 is 1.67 bits per heavy atom. The van der Waals surface area contributed by atoms with Gasteiger partial charge in [-0.15, -0.1) is 0 Å². The first-order valence-corrected chi connectivity index (χ1v) is 6.50. The van der Waals surface area contributed by atoms with Gasteiger partial charge in [0.2, 0.25) is 0 Å². The largest absolute Gasteiger partial charge is 0.380 e. The summed E-state index contributed by atoms with van der Waals surface area (Å²) in [6.45, 7) is 2.52. The van der Waals surface area contributed by atoms with Crippen LogP contribution in [0, 0.1) is 11.6 Å². The minimum atomic E-state index is -0.830. The minimum Gasteiger partial charge on any atom is -0.380 e. The van der Waals surface area contributed by atoms with Crippen molar-refractivity contribution in [1.29, 1.82) is 0 Å². The van der Waals surface area contributed by atoms with Crippen LogP contribution in [0.25, 0.3) is 0 Å². The van der Waals surface area contributed by atoms with Gasteiger partial charge in [0, 0.05) is 25.2 Å². The quantitative estimate of drug-likeness (QED) is 0.569.